The Balaban J connectivity index is 2.03. The molecule has 1 fully saturated rings. The molecule has 1 amide bonds. The van der Waals surface area contributed by atoms with Crippen LogP contribution in [0, 0.1) is 5.92 Å². The van der Waals surface area contributed by atoms with Gasteiger partial charge in [-0.15, -0.1) is 0 Å². The molecule has 108 valence electrons. The number of amides is 1. The number of hydrogen-bond donors (Lipinski definition) is 2. The lowest BCUT2D eigenvalue weighted by atomic mass is 9.98. The van der Waals surface area contributed by atoms with Gasteiger partial charge in [0.2, 0.25) is 5.91 Å². The second kappa shape index (κ2) is 7.13. The summed E-state index contributed by atoms with van der Waals surface area (Å²) in [7, 11) is 0. The molecule has 1 aliphatic rings. The van der Waals surface area contributed by atoms with E-state index in [4.69, 9.17) is 5.11 Å². The standard InChI is InChI=1S/C14H16BrNO3S/c15-10-1-2-11(14(18)19)12(8-10)16-13(17)7-9-3-5-20-6-4-9/h1-2,8-9H,3-7H2,(H,16,17)(H,18,19). The Morgan fingerprint density at radius 3 is 2.70 bits per heavy atom. The number of nitrogens with one attached hydrogen (secondary N) is 1. The fourth-order valence-corrected chi connectivity index (χ4v) is 3.79. The molecule has 2 N–H and O–H groups in total. The monoisotopic (exact) mass is 357 g/mol. The Bertz CT molecular complexity index is 515. The summed E-state index contributed by atoms with van der Waals surface area (Å²) in [6.45, 7) is 0. The molecular formula is C14H16BrNO3S. The minimum Gasteiger partial charge on any atom is -0.478 e. The summed E-state index contributed by atoms with van der Waals surface area (Å²) >= 11 is 5.21. The Labute approximate surface area is 130 Å². The quantitative estimate of drug-likeness (QED) is 0.863. The molecule has 6 heteroatoms. The Hall–Kier alpha value is -1.01. The molecule has 20 heavy (non-hydrogen) atoms. The molecule has 4 nitrogen and oxygen atoms in total. The van der Waals surface area contributed by atoms with Gasteiger partial charge < -0.3 is 10.4 Å². The lowest BCUT2D eigenvalue weighted by Crippen LogP contribution is -2.20. The molecule has 0 bridgehead atoms. The van der Waals surface area contributed by atoms with E-state index in [0.717, 1.165) is 28.8 Å². The van der Waals surface area contributed by atoms with E-state index < -0.39 is 5.97 Å². The van der Waals surface area contributed by atoms with Gasteiger partial charge >= 0.3 is 5.97 Å². The zero-order valence-corrected chi connectivity index (χ0v) is 13.3. The zero-order chi connectivity index (χ0) is 14.5. The number of anilines is 1. The van der Waals surface area contributed by atoms with Crippen molar-refractivity contribution in [2.75, 3.05) is 16.8 Å². The normalized spacial score (nSPS) is 15.8. The number of aromatic carboxylic acids is 1. The van der Waals surface area contributed by atoms with Crippen LogP contribution in [0.25, 0.3) is 0 Å². The van der Waals surface area contributed by atoms with Crippen LogP contribution in [-0.2, 0) is 4.79 Å². The number of carboxylic acid groups (broad SMARTS) is 1. The molecule has 1 heterocycles. The summed E-state index contributed by atoms with van der Waals surface area (Å²) in [6, 6.07) is 4.76. The third-order valence-electron chi connectivity index (χ3n) is 3.30. The van der Waals surface area contributed by atoms with Gasteiger partial charge in [0, 0.05) is 10.9 Å². The van der Waals surface area contributed by atoms with Crippen molar-refractivity contribution in [2.24, 2.45) is 5.92 Å². The van der Waals surface area contributed by atoms with Crippen LogP contribution in [0.3, 0.4) is 0 Å². The Morgan fingerprint density at radius 2 is 2.05 bits per heavy atom. The molecule has 1 aliphatic heterocycles. The van der Waals surface area contributed by atoms with E-state index >= 15 is 0 Å². The summed E-state index contributed by atoms with van der Waals surface area (Å²) in [5, 5.41) is 11.8. The molecule has 0 saturated carbocycles. The van der Waals surface area contributed by atoms with Crippen molar-refractivity contribution < 1.29 is 14.7 Å². The van der Waals surface area contributed by atoms with Gasteiger partial charge in [0.25, 0.3) is 0 Å². The first kappa shape index (κ1) is 15.4. The van der Waals surface area contributed by atoms with Crippen LogP contribution in [0.4, 0.5) is 5.69 Å². The topological polar surface area (TPSA) is 66.4 Å². The third-order valence-corrected chi connectivity index (χ3v) is 4.84. The molecule has 0 aliphatic carbocycles. The van der Waals surface area contributed by atoms with Crippen molar-refractivity contribution in [3.63, 3.8) is 0 Å². The van der Waals surface area contributed by atoms with E-state index in [1.54, 1.807) is 12.1 Å². The maximum absolute atomic E-state index is 12.0. The van der Waals surface area contributed by atoms with E-state index in [0.29, 0.717) is 18.0 Å². The van der Waals surface area contributed by atoms with Crippen LogP contribution in [0.5, 0.6) is 0 Å². The average molecular weight is 358 g/mol. The fourth-order valence-electron chi connectivity index (χ4n) is 2.22. The highest BCUT2D eigenvalue weighted by Gasteiger charge is 2.19. The van der Waals surface area contributed by atoms with E-state index in [-0.39, 0.29) is 11.5 Å². The predicted molar refractivity (Wildman–Crippen MR) is 84.4 cm³/mol. The van der Waals surface area contributed by atoms with Crippen LogP contribution in [0.15, 0.2) is 22.7 Å². The summed E-state index contributed by atoms with van der Waals surface area (Å²) < 4.78 is 0.742. The molecule has 1 aromatic rings. The molecule has 0 spiro atoms. The van der Waals surface area contributed by atoms with Gasteiger partial charge in [0.1, 0.15) is 0 Å². The van der Waals surface area contributed by atoms with Gasteiger partial charge in [-0.1, -0.05) is 15.9 Å². The summed E-state index contributed by atoms with van der Waals surface area (Å²) in [5.74, 6) is 1.48. The molecule has 0 unspecified atom stereocenters. The number of halogens is 1. The number of carbonyl (C=O) groups excluding carboxylic acids is 1. The molecule has 0 atom stereocenters. The second-order valence-corrected chi connectivity index (χ2v) is 6.94. The van der Waals surface area contributed by atoms with E-state index in [1.165, 1.54) is 6.07 Å². The van der Waals surface area contributed by atoms with Gasteiger partial charge in [-0.05, 0) is 48.5 Å². The van der Waals surface area contributed by atoms with Gasteiger partial charge in [0.15, 0.2) is 0 Å². The maximum atomic E-state index is 12.0. The number of carbonyl (C=O) groups is 2. The highest BCUT2D eigenvalue weighted by Crippen LogP contribution is 2.26. The van der Waals surface area contributed by atoms with Crippen LogP contribution in [0.2, 0.25) is 0 Å². The lowest BCUT2D eigenvalue weighted by molar-refractivity contribution is -0.117. The highest BCUT2D eigenvalue weighted by molar-refractivity contribution is 9.10. The van der Waals surface area contributed by atoms with E-state index in [2.05, 4.69) is 21.2 Å². The highest BCUT2D eigenvalue weighted by atomic mass is 79.9. The van der Waals surface area contributed by atoms with Crippen molar-refractivity contribution in [1.29, 1.82) is 0 Å². The lowest BCUT2D eigenvalue weighted by Gasteiger charge is -2.20. The first-order valence-electron chi connectivity index (χ1n) is 6.46. The second-order valence-electron chi connectivity index (χ2n) is 4.80. The van der Waals surface area contributed by atoms with Crippen molar-refractivity contribution in [3.8, 4) is 0 Å². The van der Waals surface area contributed by atoms with Gasteiger partial charge in [-0.2, -0.15) is 11.8 Å². The molecule has 1 saturated heterocycles. The third kappa shape index (κ3) is 4.24. The smallest absolute Gasteiger partial charge is 0.337 e. The summed E-state index contributed by atoms with van der Waals surface area (Å²) in [4.78, 5) is 23.2. The molecule has 1 aromatic carbocycles. The zero-order valence-electron chi connectivity index (χ0n) is 10.9. The molecular weight excluding hydrogens is 342 g/mol. The summed E-state index contributed by atoms with van der Waals surface area (Å²) in [5.41, 5.74) is 0.461. The average Bonchev–Trinajstić information content (AvgIpc) is 2.39. The predicted octanol–water partition coefficient (Wildman–Crippen LogP) is 3.62. The van der Waals surface area contributed by atoms with Crippen LogP contribution in [-0.4, -0.2) is 28.5 Å². The van der Waals surface area contributed by atoms with Crippen molar-refractivity contribution >= 4 is 45.3 Å². The minimum atomic E-state index is -1.04. The Kier molecular flexibility index (Phi) is 5.48. The molecule has 0 aromatic heterocycles. The van der Waals surface area contributed by atoms with Crippen LogP contribution in [0.1, 0.15) is 29.6 Å². The van der Waals surface area contributed by atoms with Gasteiger partial charge in [0.05, 0.1) is 11.3 Å². The molecule has 2 rings (SSSR count). The van der Waals surface area contributed by atoms with Gasteiger partial charge in [-0.25, -0.2) is 4.79 Å². The maximum Gasteiger partial charge on any atom is 0.337 e. The van der Waals surface area contributed by atoms with Gasteiger partial charge in [-0.3, -0.25) is 4.79 Å². The van der Waals surface area contributed by atoms with E-state index in [9.17, 15) is 9.59 Å². The minimum absolute atomic E-state index is 0.109. The Morgan fingerprint density at radius 1 is 1.35 bits per heavy atom. The van der Waals surface area contributed by atoms with Crippen LogP contribution < -0.4 is 5.32 Å². The SMILES string of the molecule is O=C(CC1CCSCC1)Nc1cc(Br)ccc1C(=O)O. The number of carboxylic acids is 1. The first-order chi connectivity index (χ1) is 9.56. The number of hydrogen-bond acceptors (Lipinski definition) is 3. The largest absolute Gasteiger partial charge is 0.478 e. The fraction of sp³-hybridized carbons (Fsp3) is 0.429. The number of thioether (sulfide) groups is 1. The number of rotatable bonds is 4. The van der Waals surface area contributed by atoms with Crippen LogP contribution >= 0.6 is 27.7 Å². The van der Waals surface area contributed by atoms with Crippen molar-refractivity contribution in [2.45, 2.75) is 19.3 Å². The first-order valence-corrected chi connectivity index (χ1v) is 8.41. The van der Waals surface area contributed by atoms with Crippen molar-refractivity contribution in [3.05, 3.63) is 28.2 Å². The number of benzene rings is 1. The molecule has 0 radical (unpaired) electrons. The van der Waals surface area contributed by atoms with Crippen molar-refractivity contribution in [1.82, 2.24) is 0 Å². The van der Waals surface area contributed by atoms with E-state index in [1.807, 2.05) is 11.8 Å². The summed E-state index contributed by atoms with van der Waals surface area (Å²) in [6.07, 6.45) is 2.58.